The molecule has 1 aromatic rings. The van der Waals surface area contributed by atoms with Crippen LogP contribution in [0.4, 0.5) is 0 Å². The molecule has 1 N–H and O–H groups in total. The number of hydrogen-bond acceptors (Lipinski definition) is 5. The summed E-state index contributed by atoms with van der Waals surface area (Å²) in [5.41, 5.74) is -0.567. The summed E-state index contributed by atoms with van der Waals surface area (Å²) in [6, 6.07) is 0. The monoisotopic (exact) mass is 308 g/mol. The molecule has 0 saturated carbocycles. The van der Waals surface area contributed by atoms with Crippen LogP contribution in [0.1, 0.15) is 25.1 Å². The molecule has 0 aromatic carbocycles. The molecule has 0 fully saturated rings. The maximum Gasteiger partial charge on any atom is 0.331 e. The van der Waals surface area contributed by atoms with Crippen LogP contribution in [0, 0.1) is 0 Å². The van der Waals surface area contributed by atoms with Crippen molar-refractivity contribution in [1.82, 2.24) is 14.1 Å². The van der Waals surface area contributed by atoms with Crippen molar-refractivity contribution in [3.63, 3.8) is 0 Å². The molecule has 1 rings (SSSR count). The van der Waals surface area contributed by atoms with Gasteiger partial charge >= 0.3 is 11.7 Å². The Morgan fingerprint density at radius 2 is 1.82 bits per heavy atom. The molecule has 0 bridgehead atoms. The third kappa shape index (κ3) is 3.72. The van der Waals surface area contributed by atoms with Crippen LogP contribution < -0.4 is 11.2 Å². The van der Waals surface area contributed by atoms with Gasteiger partial charge in [-0.2, -0.15) is 5.10 Å². The number of rotatable bonds is 6. The minimum Gasteiger partial charge on any atom is -0.478 e. The van der Waals surface area contributed by atoms with Crippen LogP contribution in [0.3, 0.4) is 0 Å². The number of carboxylic acid groups (broad SMARTS) is 1. The van der Waals surface area contributed by atoms with Crippen LogP contribution in [0.25, 0.3) is 6.08 Å². The number of carboxylic acids is 1. The minimum absolute atomic E-state index is 0.122. The largest absolute Gasteiger partial charge is 0.478 e. The predicted octanol–water partition coefficient (Wildman–Crippen LogP) is 0.0431. The van der Waals surface area contributed by atoms with Gasteiger partial charge in [-0.3, -0.25) is 13.9 Å². The summed E-state index contributed by atoms with van der Waals surface area (Å²) in [6.07, 6.45) is 3.45. The molecule has 1 heterocycles. The van der Waals surface area contributed by atoms with Crippen molar-refractivity contribution in [3.05, 3.63) is 38.2 Å². The van der Waals surface area contributed by atoms with Gasteiger partial charge in [0.15, 0.2) is 0 Å². The molecule has 0 amide bonds. The fourth-order valence-corrected chi connectivity index (χ4v) is 1.94. The quantitative estimate of drug-likeness (QED) is 0.455. The van der Waals surface area contributed by atoms with E-state index in [1.54, 1.807) is 27.9 Å². The van der Waals surface area contributed by atoms with Gasteiger partial charge in [0.2, 0.25) is 0 Å². The third-order valence-corrected chi connectivity index (χ3v) is 2.94. The Morgan fingerprint density at radius 1 is 1.23 bits per heavy atom. The Kier molecular flexibility index (Phi) is 5.85. The van der Waals surface area contributed by atoms with Crippen molar-refractivity contribution >= 4 is 18.3 Å². The number of carbonyl (C=O) groups is 1. The summed E-state index contributed by atoms with van der Waals surface area (Å²) >= 11 is 0. The lowest BCUT2D eigenvalue weighted by atomic mass is 10.2. The molecule has 0 radical (unpaired) electrons. The van der Waals surface area contributed by atoms with Crippen molar-refractivity contribution in [2.45, 2.75) is 26.9 Å². The molecule has 0 unspecified atom stereocenters. The van der Waals surface area contributed by atoms with E-state index < -0.39 is 17.2 Å². The van der Waals surface area contributed by atoms with E-state index in [-0.39, 0.29) is 17.8 Å². The summed E-state index contributed by atoms with van der Waals surface area (Å²) in [7, 11) is 3.40. The molecule has 120 valence electrons. The Labute approximate surface area is 127 Å². The lowest BCUT2D eigenvalue weighted by Crippen LogP contribution is -2.42. The van der Waals surface area contributed by atoms with Gasteiger partial charge in [-0.25, -0.2) is 9.59 Å². The molecule has 0 aliphatic heterocycles. The molecule has 0 spiro atoms. The van der Waals surface area contributed by atoms with E-state index in [4.69, 9.17) is 5.11 Å². The average molecular weight is 308 g/mol. The zero-order chi connectivity index (χ0) is 16.9. The van der Waals surface area contributed by atoms with Crippen LogP contribution in [0.5, 0.6) is 0 Å². The van der Waals surface area contributed by atoms with Crippen LogP contribution in [-0.4, -0.2) is 45.5 Å². The Balaban J connectivity index is 3.79. The van der Waals surface area contributed by atoms with Gasteiger partial charge in [0.05, 0.1) is 17.5 Å². The van der Waals surface area contributed by atoms with Crippen molar-refractivity contribution < 1.29 is 9.90 Å². The Hall–Kier alpha value is -2.64. The highest BCUT2D eigenvalue weighted by molar-refractivity contribution is 5.89. The van der Waals surface area contributed by atoms with E-state index in [0.29, 0.717) is 6.54 Å². The fourth-order valence-electron chi connectivity index (χ4n) is 1.94. The van der Waals surface area contributed by atoms with Gasteiger partial charge in [0, 0.05) is 33.3 Å². The average Bonchev–Trinajstić information content (AvgIpc) is 2.44. The number of aliphatic carboxylic acids is 1. The summed E-state index contributed by atoms with van der Waals surface area (Å²) in [4.78, 5) is 35.4. The molecular formula is C14H20N4O4. The number of hydrazone groups is 1. The highest BCUT2D eigenvalue weighted by Crippen LogP contribution is 2.03. The summed E-state index contributed by atoms with van der Waals surface area (Å²) in [6.45, 7) is 3.99. The van der Waals surface area contributed by atoms with Crippen LogP contribution in [0.15, 0.2) is 20.8 Å². The first-order chi connectivity index (χ1) is 10.3. The second-order valence-electron chi connectivity index (χ2n) is 4.64. The van der Waals surface area contributed by atoms with E-state index in [1.807, 2.05) is 0 Å². The molecule has 8 nitrogen and oxygen atoms in total. The molecule has 0 saturated heterocycles. The maximum atomic E-state index is 12.4. The van der Waals surface area contributed by atoms with Gasteiger partial charge in [-0.1, -0.05) is 0 Å². The smallest absolute Gasteiger partial charge is 0.331 e. The van der Waals surface area contributed by atoms with E-state index in [2.05, 4.69) is 5.10 Å². The number of nitrogens with zero attached hydrogens (tertiary/aromatic N) is 4. The van der Waals surface area contributed by atoms with Crippen LogP contribution in [0.2, 0.25) is 0 Å². The molecular weight excluding hydrogens is 288 g/mol. The van der Waals surface area contributed by atoms with Gasteiger partial charge < -0.3 is 10.1 Å². The maximum absolute atomic E-state index is 12.4. The van der Waals surface area contributed by atoms with E-state index in [1.165, 1.54) is 21.9 Å². The number of aromatic nitrogens is 2. The van der Waals surface area contributed by atoms with E-state index in [9.17, 15) is 14.4 Å². The molecule has 22 heavy (non-hydrogen) atoms. The Bertz CT molecular complexity index is 726. The summed E-state index contributed by atoms with van der Waals surface area (Å²) in [5, 5.41) is 14.3. The SMILES string of the molecule is CCn1c(C=NN(C)C)c(C=CC(=O)O)c(=O)n(CC)c1=O. The lowest BCUT2D eigenvalue weighted by Gasteiger charge is -2.14. The van der Waals surface area contributed by atoms with E-state index >= 15 is 0 Å². The number of hydrogen-bond donors (Lipinski definition) is 1. The molecule has 0 aliphatic rings. The van der Waals surface area contributed by atoms with E-state index in [0.717, 1.165) is 10.6 Å². The first-order valence-corrected chi connectivity index (χ1v) is 6.83. The van der Waals surface area contributed by atoms with Gasteiger partial charge in [0.25, 0.3) is 5.56 Å². The molecule has 0 atom stereocenters. The van der Waals surface area contributed by atoms with Crippen molar-refractivity contribution in [2.24, 2.45) is 5.10 Å². The fraction of sp³-hybridized carbons (Fsp3) is 0.429. The van der Waals surface area contributed by atoms with Gasteiger partial charge in [0.1, 0.15) is 0 Å². The van der Waals surface area contributed by atoms with Gasteiger partial charge in [-0.15, -0.1) is 0 Å². The molecule has 1 aromatic heterocycles. The topological polar surface area (TPSA) is 96.9 Å². The highest BCUT2D eigenvalue weighted by atomic mass is 16.4. The molecule has 0 aliphatic carbocycles. The van der Waals surface area contributed by atoms with Crippen LogP contribution >= 0.6 is 0 Å². The first-order valence-electron chi connectivity index (χ1n) is 6.83. The predicted molar refractivity (Wildman–Crippen MR) is 84.3 cm³/mol. The van der Waals surface area contributed by atoms with Crippen molar-refractivity contribution in [2.75, 3.05) is 14.1 Å². The van der Waals surface area contributed by atoms with Crippen molar-refractivity contribution in [3.8, 4) is 0 Å². The zero-order valence-electron chi connectivity index (χ0n) is 13.1. The van der Waals surface area contributed by atoms with Gasteiger partial charge in [-0.05, 0) is 19.9 Å². The third-order valence-electron chi connectivity index (χ3n) is 2.94. The summed E-state index contributed by atoms with van der Waals surface area (Å²) in [5.74, 6) is -1.17. The Morgan fingerprint density at radius 3 is 2.27 bits per heavy atom. The molecule has 8 heteroatoms. The second-order valence-corrected chi connectivity index (χ2v) is 4.64. The van der Waals surface area contributed by atoms with Crippen LogP contribution in [-0.2, 0) is 17.9 Å². The summed E-state index contributed by atoms with van der Waals surface area (Å²) < 4.78 is 2.46. The minimum atomic E-state index is -1.17. The van der Waals surface area contributed by atoms with Crippen molar-refractivity contribution in [1.29, 1.82) is 0 Å². The normalized spacial score (nSPS) is 11.5. The lowest BCUT2D eigenvalue weighted by molar-refractivity contribution is -0.131. The second kappa shape index (κ2) is 7.39. The highest BCUT2D eigenvalue weighted by Gasteiger charge is 2.15. The zero-order valence-corrected chi connectivity index (χ0v) is 13.1. The standard InChI is InChI=1S/C14H20N4O4/c1-5-17-11(9-15-16(3)4)10(7-8-12(19)20)13(21)18(6-2)14(17)22/h7-9H,5-6H2,1-4H3,(H,19,20). The first kappa shape index (κ1) is 17.4.